The molecule has 1 aromatic heterocycles. The molecule has 1 atom stereocenters. The molecule has 0 saturated heterocycles. The van der Waals surface area contributed by atoms with E-state index < -0.39 is 0 Å². The Morgan fingerprint density at radius 3 is 2.85 bits per heavy atom. The molecule has 3 nitrogen and oxygen atoms in total. The predicted octanol–water partition coefficient (Wildman–Crippen LogP) is 4.21. The van der Waals surface area contributed by atoms with Gasteiger partial charge in [-0.25, -0.2) is 0 Å². The van der Waals surface area contributed by atoms with E-state index in [2.05, 4.69) is 17.6 Å². The Bertz CT molecular complexity index is 597. The Morgan fingerprint density at radius 1 is 1.40 bits per heavy atom. The van der Waals surface area contributed by atoms with Gasteiger partial charge in [-0.1, -0.05) is 23.7 Å². The van der Waals surface area contributed by atoms with Crippen LogP contribution in [0.4, 0.5) is 5.69 Å². The fourth-order valence-corrected chi connectivity index (χ4v) is 2.93. The van der Waals surface area contributed by atoms with Gasteiger partial charge in [-0.3, -0.25) is 4.79 Å². The van der Waals surface area contributed by atoms with Crippen LogP contribution in [0, 0.1) is 0 Å². The van der Waals surface area contributed by atoms with Crippen molar-refractivity contribution in [3.05, 3.63) is 51.2 Å². The average Bonchev–Trinajstić information content (AvgIpc) is 2.81. The SMILES string of the molecule is CC(=O)Nc1cccc(C(C)NCc2cc(Cl)cs2)c1. The first-order valence-electron chi connectivity index (χ1n) is 6.38. The van der Waals surface area contributed by atoms with E-state index in [9.17, 15) is 4.79 Å². The van der Waals surface area contributed by atoms with Crippen molar-refractivity contribution < 1.29 is 4.79 Å². The summed E-state index contributed by atoms with van der Waals surface area (Å²) < 4.78 is 0. The maximum Gasteiger partial charge on any atom is 0.221 e. The maximum absolute atomic E-state index is 11.1. The number of thiophene rings is 1. The Kier molecular flexibility index (Phi) is 5.17. The molecule has 1 heterocycles. The zero-order chi connectivity index (χ0) is 14.5. The third kappa shape index (κ3) is 4.34. The van der Waals surface area contributed by atoms with Gasteiger partial charge < -0.3 is 10.6 Å². The molecule has 1 amide bonds. The zero-order valence-electron chi connectivity index (χ0n) is 11.4. The molecule has 1 aromatic carbocycles. The minimum Gasteiger partial charge on any atom is -0.326 e. The van der Waals surface area contributed by atoms with E-state index in [4.69, 9.17) is 11.6 Å². The van der Waals surface area contributed by atoms with Gasteiger partial charge in [0, 0.05) is 35.5 Å². The van der Waals surface area contributed by atoms with Gasteiger partial charge in [0.15, 0.2) is 0 Å². The van der Waals surface area contributed by atoms with Crippen molar-refractivity contribution in [2.24, 2.45) is 0 Å². The lowest BCUT2D eigenvalue weighted by atomic mass is 10.1. The summed E-state index contributed by atoms with van der Waals surface area (Å²) in [7, 11) is 0. The lowest BCUT2D eigenvalue weighted by Gasteiger charge is -2.15. The summed E-state index contributed by atoms with van der Waals surface area (Å²) in [6.07, 6.45) is 0. The highest BCUT2D eigenvalue weighted by Crippen LogP contribution is 2.21. The highest BCUT2D eigenvalue weighted by molar-refractivity contribution is 7.10. The molecular weight excluding hydrogens is 292 g/mol. The zero-order valence-corrected chi connectivity index (χ0v) is 13.0. The highest BCUT2D eigenvalue weighted by atomic mass is 35.5. The largest absolute Gasteiger partial charge is 0.326 e. The minimum atomic E-state index is -0.0593. The standard InChI is InChI=1S/C15H17ClN2OS/c1-10(17-8-15-7-13(16)9-20-15)12-4-3-5-14(6-12)18-11(2)19/h3-7,9-10,17H,8H2,1-2H3,(H,18,19). The average molecular weight is 309 g/mol. The van der Waals surface area contributed by atoms with E-state index in [1.807, 2.05) is 35.7 Å². The van der Waals surface area contributed by atoms with Crippen LogP contribution in [-0.2, 0) is 11.3 Å². The second-order valence-corrected chi connectivity index (χ2v) is 6.07. The topological polar surface area (TPSA) is 41.1 Å². The van der Waals surface area contributed by atoms with E-state index >= 15 is 0 Å². The number of anilines is 1. The number of carbonyl (C=O) groups excluding carboxylic acids is 1. The molecule has 0 spiro atoms. The van der Waals surface area contributed by atoms with Crippen LogP contribution in [0.1, 0.15) is 30.3 Å². The Hall–Kier alpha value is -1.36. The molecule has 5 heteroatoms. The number of hydrogen-bond donors (Lipinski definition) is 2. The number of carbonyl (C=O) groups is 1. The molecular formula is C15H17ClN2OS. The van der Waals surface area contributed by atoms with Gasteiger partial charge in [0.2, 0.25) is 5.91 Å². The summed E-state index contributed by atoms with van der Waals surface area (Å²) >= 11 is 7.55. The van der Waals surface area contributed by atoms with Gasteiger partial charge in [-0.15, -0.1) is 11.3 Å². The summed E-state index contributed by atoms with van der Waals surface area (Å²) in [6, 6.07) is 10.0. The second kappa shape index (κ2) is 6.88. The smallest absolute Gasteiger partial charge is 0.221 e. The van der Waals surface area contributed by atoms with Gasteiger partial charge in [-0.05, 0) is 30.7 Å². The Morgan fingerprint density at radius 2 is 2.20 bits per heavy atom. The number of hydrogen-bond acceptors (Lipinski definition) is 3. The molecule has 0 radical (unpaired) electrons. The quantitative estimate of drug-likeness (QED) is 0.868. The van der Waals surface area contributed by atoms with Crippen molar-refractivity contribution in [3.63, 3.8) is 0 Å². The molecule has 0 fully saturated rings. The second-order valence-electron chi connectivity index (χ2n) is 4.64. The van der Waals surface area contributed by atoms with Crippen LogP contribution in [0.2, 0.25) is 5.02 Å². The van der Waals surface area contributed by atoms with Crippen molar-refractivity contribution >= 4 is 34.5 Å². The summed E-state index contributed by atoms with van der Waals surface area (Å²) in [5.41, 5.74) is 1.96. The third-order valence-electron chi connectivity index (χ3n) is 2.91. The van der Waals surface area contributed by atoms with Crippen LogP contribution in [0.15, 0.2) is 35.7 Å². The Labute approximate surface area is 128 Å². The molecule has 2 rings (SSSR count). The molecule has 0 aliphatic rings. The van der Waals surface area contributed by atoms with Gasteiger partial charge >= 0.3 is 0 Å². The van der Waals surface area contributed by atoms with Crippen LogP contribution in [0.3, 0.4) is 0 Å². The van der Waals surface area contributed by atoms with E-state index in [0.717, 1.165) is 22.8 Å². The van der Waals surface area contributed by atoms with Crippen molar-refractivity contribution in [2.75, 3.05) is 5.32 Å². The molecule has 2 N–H and O–H groups in total. The highest BCUT2D eigenvalue weighted by Gasteiger charge is 2.07. The number of rotatable bonds is 5. The first kappa shape index (κ1) is 15.0. The van der Waals surface area contributed by atoms with Crippen molar-refractivity contribution in [1.82, 2.24) is 5.32 Å². The predicted molar refractivity (Wildman–Crippen MR) is 85.3 cm³/mol. The van der Waals surface area contributed by atoms with Gasteiger partial charge in [-0.2, -0.15) is 0 Å². The number of amides is 1. The molecule has 0 bridgehead atoms. The van der Waals surface area contributed by atoms with Gasteiger partial charge in [0.05, 0.1) is 5.02 Å². The molecule has 0 aliphatic heterocycles. The van der Waals surface area contributed by atoms with Crippen molar-refractivity contribution in [1.29, 1.82) is 0 Å². The fraction of sp³-hybridized carbons (Fsp3) is 0.267. The summed E-state index contributed by atoms with van der Waals surface area (Å²) in [5.74, 6) is -0.0593. The third-order valence-corrected chi connectivity index (χ3v) is 4.20. The first-order chi connectivity index (χ1) is 9.54. The fourth-order valence-electron chi connectivity index (χ4n) is 1.91. The summed E-state index contributed by atoms with van der Waals surface area (Å²) in [6.45, 7) is 4.39. The normalized spacial score (nSPS) is 12.2. The molecule has 0 saturated carbocycles. The lowest BCUT2D eigenvalue weighted by Crippen LogP contribution is -2.17. The van der Waals surface area contributed by atoms with E-state index in [0.29, 0.717) is 0 Å². The van der Waals surface area contributed by atoms with Crippen molar-refractivity contribution in [3.8, 4) is 0 Å². The number of halogens is 1. The number of nitrogens with one attached hydrogen (secondary N) is 2. The summed E-state index contributed by atoms with van der Waals surface area (Å²) in [4.78, 5) is 12.3. The lowest BCUT2D eigenvalue weighted by molar-refractivity contribution is -0.114. The number of benzene rings is 1. The van der Waals surface area contributed by atoms with Gasteiger partial charge in [0.1, 0.15) is 0 Å². The summed E-state index contributed by atoms with van der Waals surface area (Å²) in [5, 5.41) is 8.96. The van der Waals surface area contributed by atoms with E-state index in [1.54, 1.807) is 11.3 Å². The maximum atomic E-state index is 11.1. The van der Waals surface area contributed by atoms with E-state index in [-0.39, 0.29) is 11.9 Å². The first-order valence-corrected chi connectivity index (χ1v) is 7.64. The van der Waals surface area contributed by atoms with Crippen LogP contribution >= 0.6 is 22.9 Å². The van der Waals surface area contributed by atoms with Crippen molar-refractivity contribution in [2.45, 2.75) is 26.4 Å². The van der Waals surface area contributed by atoms with Gasteiger partial charge in [0.25, 0.3) is 0 Å². The van der Waals surface area contributed by atoms with Crippen LogP contribution in [0.25, 0.3) is 0 Å². The Balaban J connectivity index is 1.97. The molecule has 0 aliphatic carbocycles. The van der Waals surface area contributed by atoms with Crippen LogP contribution in [-0.4, -0.2) is 5.91 Å². The monoisotopic (exact) mass is 308 g/mol. The molecule has 2 aromatic rings. The van der Waals surface area contributed by atoms with E-state index in [1.165, 1.54) is 11.8 Å². The molecule has 20 heavy (non-hydrogen) atoms. The minimum absolute atomic E-state index is 0.0593. The van der Waals surface area contributed by atoms with Crippen LogP contribution in [0.5, 0.6) is 0 Å². The molecule has 1 unspecified atom stereocenters. The molecule has 106 valence electrons. The van der Waals surface area contributed by atoms with Crippen LogP contribution < -0.4 is 10.6 Å².